The number of aliphatic hydroxyl groups is 1. The highest BCUT2D eigenvalue weighted by atomic mass is 19.3. The molecule has 0 heterocycles. The Hall–Kier alpha value is -1.30. The summed E-state index contributed by atoms with van der Waals surface area (Å²) in [4.78, 5) is 0. The summed E-state index contributed by atoms with van der Waals surface area (Å²) in [6.07, 6.45) is -1.05. The number of rotatable bonds is 3. The molecule has 0 amide bonds. The first-order chi connectivity index (χ1) is 8.91. The molecule has 1 atom stereocenters. The first-order valence-electron chi connectivity index (χ1n) is 6.04. The molecule has 0 aliphatic heterocycles. The molecule has 1 aliphatic carbocycles. The fraction of sp³-hybridized carbons (Fsp3) is 0.538. The van der Waals surface area contributed by atoms with E-state index < -0.39 is 42.4 Å². The Kier molecular flexibility index (Phi) is 3.99. The zero-order chi connectivity index (χ0) is 14.0. The van der Waals surface area contributed by atoms with Crippen molar-refractivity contribution in [3.8, 4) is 5.75 Å². The van der Waals surface area contributed by atoms with Gasteiger partial charge in [-0.2, -0.15) is 0 Å². The summed E-state index contributed by atoms with van der Waals surface area (Å²) in [5, 5.41) is 8.79. The smallest absolute Gasteiger partial charge is 0.251 e. The van der Waals surface area contributed by atoms with E-state index in [0.29, 0.717) is 6.42 Å². The fourth-order valence-corrected chi connectivity index (χ4v) is 2.21. The van der Waals surface area contributed by atoms with Crippen LogP contribution >= 0.6 is 0 Å². The molecule has 0 bridgehead atoms. The van der Waals surface area contributed by atoms with Gasteiger partial charge in [-0.25, -0.2) is 17.6 Å². The van der Waals surface area contributed by atoms with Gasteiger partial charge < -0.3 is 9.84 Å². The van der Waals surface area contributed by atoms with Crippen LogP contribution in [0.15, 0.2) is 12.1 Å². The molecule has 106 valence electrons. The lowest BCUT2D eigenvalue weighted by Crippen LogP contribution is -2.33. The van der Waals surface area contributed by atoms with E-state index >= 15 is 0 Å². The van der Waals surface area contributed by atoms with E-state index in [4.69, 9.17) is 9.84 Å². The third-order valence-corrected chi connectivity index (χ3v) is 3.12. The van der Waals surface area contributed by atoms with Crippen LogP contribution in [0.5, 0.6) is 5.75 Å². The average Bonchev–Trinajstić information content (AvgIpc) is 2.32. The van der Waals surface area contributed by atoms with Gasteiger partial charge in [0.15, 0.2) is 17.4 Å². The van der Waals surface area contributed by atoms with Crippen LogP contribution < -0.4 is 4.74 Å². The van der Waals surface area contributed by atoms with Crippen molar-refractivity contribution in [1.29, 1.82) is 0 Å². The van der Waals surface area contributed by atoms with Gasteiger partial charge in [0.2, 0.25) is 0 Å². The zero-order valence-corrected chi connectivity index (χ0v) is 10.1. The van der Waals surface area contributed by atoms with E-state index in [2.05, 4.69) is 0 Å². The quantitative estimate of drug-likeness (QED) is 0.858. The van der Waals surface area contributed by atoms with Crippen LogP contribution in [0.1, 0.15) is 31.2 Å². The third kappa shape index (κ3) is 3.37. The third-order valence-electron chi connectivity index (χ3n) is 3.12. The normalized spacial score (nSPS) is 22.3. The molecule has 1 aromatic rings. The second kappa shape index (κ2) is 5.36. The Morgan fingerprint density at radius 3 is 2.42 bits per heavy atom. The summed E-state index contributed by atoms with van der Waals surface area (Å²) in [7, 11) is 0. The molecular formula is C13H14F4O2. The molecule has 0 spiro atoms. The van der Waals surface area contributed by atoms with E-state index in [0.717, 1.165) is 12.1 Å². The van der Waals surface area contributed by atoms with Crippen LogP contribution in [-0.2, 0) is 6.61 Å². The van der Waals surface area contributed by atoms with Crippen molar-refractivity contribution in [3.05, 3.63) is 29.3 Å². The van der Waals surface area contributed by atoms with Gasteiger partial charge >= 0.3 is 0 Å². The number of aliphatic hydroxyl groups excluding tert-OH is 1. The molecule has 0 radical (unpaired) electrons. The van der Waals surface area contributed by atoms with E-state index in [1.807, 2.05) is 0 Å². The predicted molar refractivity (Wildman–Crippen MR) is 60.1 cm³/mol. The first kappa shape index (κ1) is 14.1. The van der Waals surface area contributed by atoms with Crippen LogP contribution in [0.3, 0.4) is 0 Å². The van der Waals surface area contributed by atoms with Crippen LogP contribution in [-0.4, -0.2) is 17.1 Å². The first-order valence-corrected chi connectivity index (χ1v) is 6.04. The van der Waals surface area contributed by atoms with Gasteiger partial charge in [-0.1, -0.05) is 0 Å². The van der Waals surface area contributed by atoms with Crippen LogP contribution in [0, 0.1) is 11.6 Å². The number of benzene rings is 1. The van der Waals surface area contributed by atoms with Crippen LogP contribution in [0.4, 0.5) is 17.6 Å². The maximum absolute atomic E-state index is 13.6. The Morgan fingerprint density at radius 2 is 1.89 bits per heavy atom. The molecule has 1 aliphatic rings. The van der Waals surface area contributed by atoms with E-state index in [1.54, 1.807) is 0 Å². The minimum atomic E-state index is -2.85. The Labute approximate surface area is 108 Å². The zero-order valence-electron chi connectivity index (χ0n) is 10.1. The largest absolute Gasteiger partial charge is 0.484 e. The lowest BCUT2D eigenvalue weighted by molar-refractivity contribution is -0.0707. The lowest BCUT2D eigenvalue weighted by Gasteiger charge is -2.29. The van der Waals surface area contributed by atoms with Crippen molar-refractivity contribution >= 4 is 0 Å². The summed E-state index contributed by atoms with van der Waals surface area (Å²) in [6.45, 7) is -0.504. The summed E-state index contributed by atoms with van der Waals surface area (Å²) < 4.78 is 58.6. The molecule has 1 unspecified atom stereocenters. The highest BCUT2D eigenvalue weighted by Gasteiger charge is 2.37. The molecule has 0 saturated heterocycles. The standard InChI is InChI=1S/C13H14F4O2/c14-10-4-8(7-18)5-11(15)12(10)19-9-2-1-3-13(16,17)6-9/h4-5,9,18H,1-3,6-7H2. The Morgan fingerprint density at radius 1 is 1.26 bits per heavy atom. The maximum Gasteiger partial charge on any atom is 0.251 e. The van der Waals surface area contributed by atoms with Gasteiger partial charge in [0.1, 0.15) is 6.10 Å². The van der Waals surface area contributed by atoms with Crippen LogP contribution in [0.25, 0.3) is 0 Å². The molecule has 1 fully saturated rings. The predicted octanol–water partition coefficient (Wildman–Crippen LogP) is 3.41. The minimum absolute atomic E-state index is 0.0660. The molecule has 1 N–H and O–H groups in total. The second-order valence-electron chi connectivity index (χ2n) is 4.74. The monoisotopic (exact) mass is 278 g/mol. The van der Waals surface area contributed by atoms with Crippen LogP contribution in [0.2, 0.25) is 0 Å². The molecule has 2 rings (SSSR count). The molecule has 6 heteroatoms. The molecule has 1 aromatic carbocycles. The topological polar surface area (TPSA) is 29.5 Å². The molecule has 2 nitrogen and oxygen atoms in total. The fourth-order valence-electron chi connectivity index (χ4n) is 2.21. The SMILES string of the molecule is OCc1cc(F)c(OC2CCCC(F)(F)C2)c(F)c1. The highest BCUT2D eigenvalue weighted by Crippen LogP contribution is 2.36. The molecule has 1 saturated carbocycles. The summed E-state index contributed by atoms with van der Waals surface area (Å²) in [5.41, 5.74) is 0.0660. The van der Waals surface area contributed by atoms with Crippen molar-refractivity contribution in [2.45, 2.75) is 44.3 Å². The van der Waals surface area contributed by atoms with Gasteiger partial charge in [-0.15, -0.1) is 0 Å². The number of halogens is 4. The van der Waals surface area contributed by atoms with Crippen molar-refractivity contribution in [1.82, 2.24) is 0 Å². The van der Waals surface area contributed by atoms with Gasteiger partial charge in [0, 0.05) is 12.8 Å². The Balaban J connectivity index is 2.15. The van der Waals surface area contributed by atoms with Crippen molar-refractivity contribution in [2.24, 2.45) is 0 Å². The van der Waals surface area contributed by atoms with Crippen molar-refractivity contribution < 1.29 is 27.4 Å². The average molecular weight is 278 g/mol. The highest BCUT2D eigenvalue weighted by molar-refractivity contribution is 5.31. The van der Waals surface area contributed by atoms with Gasteiger partial charge in [-0.05, 0) is 30.5 Å². The van der Waals surface area contributed by atoms with Gasteiger partial charge in [0.05, 0.1) is 6.61 Å². The minimum Gasteiger partial charge on any atom is -0.484 e. The van der Waals surface area contributed by atoms with Gasteiger partial charge in [-0.3, -0.25) is 0 Å². The maximum atomic E-state index is 13.6. The molecule has 0 aromatic heterocycles. The van der Waals surface area contributed by atoms with E-state index in [9.17, 15) is 17.6 Å². The summed E-state index contributed by atoms with van der Waals surface area (Å²) in [6, 6.07) is 1.86. The number of ether oxygens (including phenoxy) is 1. The summed E-state index contributed by atoms with van der Waals surface area (Å²) in [5.74, 6) is -5.48. The van der Waals surface area contributed by atoms with Crippen molar-refractivity contribution in [2.75, 3.05) is 0 Å². The number of alkyl halides is 2. The molecule has 19 heavy (non-hydrogen) atoms. The number of hydrogen-bond acceptors (Lipinski definition) is 2. The lowest BCUT2D eigenvalue weighted by atomic mass is 9.94. The molecular weight excluding hydrogens is 264 g/mol. The number of hydrogen-bond donors (Lipinski definition) is 1. The van der Waals surface area contributed by atoms with E-state index in [-0.39, 0.29) is 18.4 Å². The van der Waals surface area contributed by atoms with Gasteiger partial charge in [0.25, 0.3) is 5.92 Å². The van der Waals surface area contributed by atoms with Crippen molar-refractivity contribution in [3.63, 3.8) is 0 Å². The second-order valence-corrected chi connectivity index (χ2v) is 4.74. The van der Waals surface area contributed by atoms with E-state index in [1.165, 1.54) is 0 Å². The Bertz CT molecular complexity index is 439. The summed E-state index contributed by atoms with van der Waals surface area (Å²) >= 11 is 0.